The van der Waals surface area contributed by atoms with Gasteiger partial charge in [0.1, 0.15) is 0 Å². The zero-order chi connectivity index (χ0) is 20.6. The molecule has 152 valence electrons. The minimum Gasteiger partial charge on any atom is -0.295 e. The van der Waals surface area contributed by atoms with E-state index in [1.54, 1.807) is 6.08 Å². The molecule has 0 heterocycles. The van der Waals surface area contributed by atoms with E-state index in [-0.39, 0.29) is 34.7 Å². The van der Waals surface area contributed by atoms with Crippen molar-refractivity contribution in [2.24, 2.45) is 28.6 Å². The second-order valence-corrected chi connectivity index (χ2v) is 11.2. The molecule has 4 aliphatic carbocycles. The Balaban J connectivity index is 1.86. The first-order valence-corrected chi connectivity index (χ1v) is 11.7. The summed E-state index contributed by atoms with van der Waals surface area (Å²) in [6.07, 6.45) is 5.30. The highest BCUT2D eigenvalue weighted by atomic mass is 32.2. The van der Waals surface area contributed by atoms with Gasteiger partial charge in [-0.3, -0.25) is 13.8 Å². The van der Waals surface area contributed by atoms with E-state index < -0.39 is 21.6 Å². The Hall–Kier alpha value is -1.53. The summed E-state index contributed by atoms with van der Waals surface area (Å²) in [6.45, 7) is 12.2. The van der Waals surface area contributed by atoms with Crippen LogP contribution < -0.4 is 0 Å². The van der Waals surface area contributed by atoms with Crippen LogP contribution in [-0.2, 0) is 23.9 Å². The summed E-state index contributed by atoms with van der Waals surface area (Å²) < 4.78 is 29.8. The van der Waals surface area contributed by atoms with Crippen LogP contribution in [0, 0.1) is 28.6 Å². The fourth-order valence-electron chi connectivity index (χ4n) is 6.77. The van der Waals surface area contributed by atoms with Gasteiger partial charge in [-0.15, -0.1) is 0 Å². The molecule has 6 atom stereocenters. The number of Topliss-reactive ketones (excluding diaryl/α,β-unsaturated/α-hetero) is 1. The summed E-state index contributed by atoms with van der Waals surface area (Å²) in [4.78, 5) is 25.1. The Labute approximate surface area is 167 Å². The van der Waals surface area contributed by atoms with Gasteiger partial charge >= 0.3 is 0 Å². The number of hydrogen-bond donors (Lipinski definition) is 0. The molecule has 0 N–H and O–H groups in total. The molecular formula is C22H28O5S. The Kier molecular flexibility index (Phi) is 4.23. The Morgan fingerprint density at radius 3 is 2.46 bits per heavy atom. The van der Waals surface area contributed by atoms with Crippen LogP contribution >= 0.6 is 0 Å². The van der Waals surface area contributed by atoms with Crippen molar-refractivity contribution in [3.05, 3.63) is 36.0 Å². The van der Waals surface area contributed by atoms with E-state index in [9.17, 15) is 18.0 Å². The topological polar surface area (TPSA) is 77.5 Å². The zero-order valence-corrected chi connectivity index (χ0v) is 17.6. The van der Waals surface area contributed by atoms with Crippen LogP contribution in [0.1, 0.15) is 46.0 Å². The van der Waals surface area contributed by atoms with Crippen molar-refractivity contribution in [1.29, 1.82) is 0 Å². The van der Waals surface area contributed by atoms with Crippen molar-refractivity contribution in [3.63, 3.8) is 0 Å². The second-order valence-electron chi connectivity index (χ2n) is 9.55. The van der Waals surface area contributed by atoms with Crippen LogP contribution in [0.5, 0.6) is 0 Å². The Bertz CT molecular complexity index is 942. The van der Waals surface area contributed by atoms with E-state index in [4.69, 9.17) is 4.18 Å². The number of carbonyl (C=O) groups is 2. The molecule has 3 saturated carbocycles. The van der Waals surface area contributed by atoms with E-state index in [1.165, 1.54) is 0 Å². The average Bonchev–Trinajstić information content (AvgIpc) is 2.74. The van der Waals surface area contributed by atoms with E-state index in [0.29, 0.717) is 24.8 Å². The largest absolute Gasteiger partial charge is 0.295 e. The van der Waals surface area contributed by atoms with E-state index in [1.807, 2.05) is 6.92 Å². The Morgan fingerprint density at radius 2 is 1.82 bits per heavy atom. The molecule has 4 aliphatic rings. The second kappa shape index (κ2) is 5.99. The summed E-state index contributed by atoms with van der Waals surface area (Å²) in [5.41, 5.74) is 1.33. The van der Waals surface area contributed by atoms with Crippen LogP contribution in [0.4, 0.5) is 0 Å². The molecule has 0 spiro atoms. The average molecular weight is 405 g/mol. The van der Waals surface area contributed by atoms with E-state index in [0.717, 1.165) is 30.2 Å². The molecule has 6 heteroatoms. The van der Waals surface area contributed by atoms with Gasteiger partial charge in [-0.2, -0.15) is 8.42 Å². The standard InChI is InChI=1S/C22H28O5S/c1-12-13(2)20(24)22(4)11-17(27-28(5,25)26)19-16(18(12)22)7-6-14-10-15(23)8-9-21(14,19)3/h10,16-19H,1-2,6-9,11H2,3-5H3/t16-,17?,18-,19-,21-,22-/m0/s1. The highest BCUT2D eigenvalue weighted by Crippen LogP contribution is 2.66. The van der Waals surface area contributed by atoms with Crippen molar-refractivity contribution in [2.45, 2.75) is 52.1 Å². The highest BCUT2D eigenvalue weighted by Gasteiger charge is 2.65. The van der Waals surface area contributed by atoms with Gasteiger partial charge < -0.3 is 0 Å². The van der Waals surface area contributed by atoms with Crippen molar-refractivity contribution < 1.29 is 22.2 Å². The van der Waals surface area contributed by atoms with Crippen molar-refractivity contribution >= 4 is 21.7 Å². The molecule has 28 heavy (non-hydrogen) atoms. The molecule has 0 saturated heterocycles. The van der Waals surface area contributed by atoms with Crippen LogP contribution in [0.2, 0.25) is 0 Å². The normalized spacial score (nSPS) is 43.3. The fraction of sp³-hybridized carbons (Fsp3) is 0.636. The van der Waals surface area contributed by atoms with Gasteiger partial charge in [0.05, 0.1) is 12.4 Å². The quantitative estimate of drug-likeness (QED) is 0.521. The number of fused-ring (bicyclic) bond motifs is 5. The molecule has 0 aromatic heterocycles. The minimum atomic E-state index is -3.69. The maximum absolute atomic E-state index is 13.0. The van der Waals surface area contributed by atoms with Crippen molar-refractivity contribution in [3.8, 4) is 0 Å². The fourth-order valence-corrected chi connectivity index (χ4v) is 7.40. The first-order valence-electron chi connectivity index (χ1n) is 9.93. The van der Waals surface area contributed by atoms with Crippen LogP contribution in [-0.4, -0.2) is 32.3 Å². The van der Waals surface area contributed by atoms with Crippen LogP contribution in [0.3, 0.4) is 0 Å². The SMILES string of the molecule is C=C1C(=C)[C@H]2[C@@H]3CCC4=CC(=O)CC[C@]4(C)[C@@H]3C(OS(C)(=O)=O)C[C@]2(C)C1=O. The van der Waals surface area contributed by atoms with Crippen LogP contribution in [0.25, 0.3) is 0 Å². The van der Waals surface area contributed by atoms with Crippen LogP contribution in [0.15, 0.2) is 36.0 Å². The summed E-state index contributed by atoms with van der Waals surface area (Å²) in [5, 5.41) is 0. The predicted molar refractivity (Wildman–Crippen MR) is 106 cm³/mol. The molecule has 0 amide bonds. The summed E-state index contributed by atoms with van der Waals surface area (Å²) in [7, 11) is -3.69. The molecule has 0 radical (unpaired) electrons. The van der Waals surface area contributed by atoms with Gasteiger partial charge in [-0.25, -0.2) is 0 Å². The lowest BCUT2D eigenvalue weighted by atomic mass is 9.46. The lowest BCUT2D eigenvalue weighted by Gasteiger charge is -2.59. The molecule has 5 nitrogen and oxygen atoms in total. The first-order chi connectivity index (χ1) is 12.9. The lowest BCUT2D eigenvalue weighted by molar-refractivity contribution is -0.140. The van der Waals surface area contributed by atoms with Gasteiger partial charge in [0.15, 0.2) is 11.6 Å². The highest BCUT2D eigenvalue weighted by molar-refractivity contribution is 7.86. The molecular weight excluding hydrogens is 376 g/mol. The van der Waals surface area contributed by atoms with Gasteiger partial charge in [0.25, 0.3) is 10.1 Å². The first kappa shape index (κ1) is 19.8. The molecule has 0 bridgehead atoms. The molecule has 0 aromatic carbocycles. The van der Waals surface area contributed by atoms with Crippen molar-refractivity contribution in [1.82, 2.24) is 0 Å². The number of allylic oxidation sites excluding steroid dienone is 3. The van der Waals surface area contributed by atoms with Crippen molar-refractivity contribution in [2.75, 3.05) is 6.26 Å². The zero-order valence-electron chi connectivity index (χ0n) is 16.8. The van der Waals surface area contributed by atoms with Gasteiger partial charge in [-0.1, -0.05) is 32.6 Å². The molecule has 0 aliphatic heterocycles. The number of hydrogen-bond acceptors (Lipinski definition) is 5. The number of ketones is 2. The maximum Gasteiger partial charge on any atom is 0.264 e. The third-order valence-corrected chi connectivity index (χ3v) is 8.49. The monoisotopic (exact) mass is 404 g/mol. The molecule has 4 rings (SSSR count). The Morgan fingerprint density at radius 1 is 1.14 bits per heavy atom. The smallest absolute Gasteiger partial charge is 0.264 e. The molecule has 1 unspecified atom stereocenters. The minimum absolute atomic E-state index is 0.0339. The summed E-state index contributed by atoms with van der Waals surface area (Å²) in [6, 6.07) is 0. The van der Waals surface area contributed by atoms with E-state index >= 15 is 0 Å². The third kappa shape index (κ3) is 2.64. The molecule has 3 fully saturated rings. The van der Waals surface area contributed by atoms with Gasteiger partial charge in [-0.05, 0) is 60.5 Å². The number of carbonyl (C=O) groups excluding carboxylic acids is 2. The van der Waals surface area contributed by atoms with Gasteiger partial charge in [0.2, 0.25) is 0 Å². The summed E-state index contributed by atoms with van der Waals surface area (Å²) in [5.74, 6) is 0.0580. The molecule has 0 aromatic rings. The predicted octanol–water partition coefficient (Wildman–Crippen LogP) is 3.37. The van der Waals surface area contributed by atoms with Gasteiger partial charge in [0, 0.05) is 17.4 Å². The maximum atomic E-state index is 13.0. The lowest BCUT2D eigenvalue weighted by Crippen LogP contribution is -2.57. The third-order valence-electron chi connectivity index (χ3n) is 7.90. The summed E-state index contributed by atoms with van der Waals surface area (Å²) >= 11 is 0. The van der Waals surface area contributed by atoms with E-state index in [2.05, 4.69) is 20.1 Å². The number of rotatable bonds is 2.